The number of nitrogens with one attached hydrogen (secondary N) is 1. The van der Waals surface area contributed by atoms with Crippen molar-refractivity contribution in [3.8, 4) is 0 Å². The SMILES string of the molecule is CCOC(=O)C1C(=O)C(c2ccc(N3CCOCC3)cc2)N(c2ccc3[nH]cnc3c2)C1=O. The molecule has 3 heterocycles. The van der Waals surface area contributed by atoms with Crippen LogP contribution >= 0.6 is 0 Å². The van der Waals surface area contributed by atoms with Crippen LogP contribution in [0.1, 0.15) is 18.5 Å². The molecule has 3 aromatic rings. The summed E-state index contributed by atoms with van der Waals surface area (Å²) in [5, 5.41) is 0. The molecule has 2 atom stereocenters. The predicted octanol–water partition coefficient (Wildman–Crippen LogP) is 2.24. The molecule has 1 amide bonds. The average molecular weight is 448 g/mol. The highest BCUT2D eigenvalue weighted by Gasteiger charge is 2.53. The van der Waals surface area contributed by atoms with Gasteiger partial charge in [-0.2, -0.15) is 0 Å². The highest BCUT2D eigenvalue weighted by Crippen LogP contribution is 2.39. The van der Waals surface area contributed by atoms with Crippen molar-refractivity contribution in [2.75, 3.05) is 42.7 Å². The second-order valence-corrected chi connectivity index (χ2v) is 7.99. The van der Waals surface area contributed by atoms with Crippen LogP contribution in [0.4, 0.5) is 11.4 Å². The third-order valence-corrected chi connectivity index (χ3v) is 6.09. The van der Waals surface area contributed by atoms with Crippen LogP contribution < -0.4 is 9.80 Å². The molecule has 0 radical (unpaired) electrons. The fourth-order valence-corrected chi connectivity index (χ4v) is 4.46. The number of amides is 1. The van der Waals surface area contributed by atoms with Gasteiger partial charge in [-0.3, -0.25) is 19.3 Å². The number of H-pyrrole nitrogens is 1. The largest absolute Gasteiger partial charge is 0.465 e. The minimum absolute atomic E-state index is 0.0913. The van der Waals surface area contributed by atoms with E-state index in [4.69, 9.17) is 9.47 Å². The summed E-state index contributed by atoms with van der Waals surface area (Å²) in [6, 6.07) is 11.9. The average Bonchev–Trinajstić information content (AvgIpc) is 3.41. The van der Waals surface area contributed by atoms with Crippen LogP contribution in [0.3, 0.4) is 0 Å². The van der Waals surface area contributed by atoms with Crippen molar-refractivity contribution in [1.82, 2.24) is 9.97 Å². The van der Waals surface area contributed by atoms with E-state index in [9.17, 15) is 14.4 Å². The summed E-state index contributed by atoms with van der Waals surface area (Å²) < 4.78 is 10.5. The fourth-order valence-electron chi connectivity index (χ4n) is 4.46. The van der Waals surface area contributed by atoms with Gasteiger partial charge >= 0.3 is 5.97 Å². The van der Waals surface area contributed by atoms with Crippen LogP contribution in [0.2, 0.25) is 0 Å². The molecule has 2 unspecified atom stereocenters. The van der Waals surface area contributed by atoms with Gasteiger partial charge in [-0.25, -0.2) is 4.98 Å². The number of hydrogen-bond donors (Lipinski definition) is 1. The number of aromatic nitrogens is 2. The first kappa shape index (κ1) is 21.1. The normalized spacial score (nSPS) is 21.1. The first-order chi connectivity index (χ1) is 16.1. The summed E-state index contributed by atoms with van der Waals surface area (Å²) in [7, 11) is 0. The number of aromatic amines is 1. The lowest BCUT2D eigenvalue weighted by Crippen LogP contribution is -2.36. The number of fused-ring (bicyclic) bond motifs is 1. The topological polar surface area (TPSA) is 105 Å². The Kier molecular flexibility index (Phi) is 5.55. The number of rotatable bonds is 5. The van der Waals surface area contributed by atoms with Gasteiger partial charge < -0.3 is 19.4 Å². The molecular weight excluding hydrogens is 424 g/mol. The smallest absolute Gasteiger partial charge is 0.326 e. The van der Waals surface area contributed by atoms with E-state index < -0.39 is 29.6 Å². The summed E-state index contributed by atoms with van der Waals surface area (Å²) >= 11 is 0. The molecule has 1 aromatic heterocycles. The standard InChI is InChI=1S/C24H24N4O5/c1-2-33-24(31)20-22(29)21(15-3-5-16(6-4-15)27-9-11-32-12-10-27)28(23(20)30)17-7-8-18-19(13-17)26-14-25-18/h3-8,13-14,20-21H,2,9-12H2,1H3,(H,25,26). The number of Topliss-reactive ketones (excluding diaryl/α,β-unsaturated/α-hetero) is 1. The van der Waals surface area contributed by atoms with Crippen LogP contribution in [0, 0.1) is 5.92 Å². The molecule has 9 heteroatoms. The lowest BCUT2D eigenvalue weighted by Gasteiger charge is -2.29. The molecule has 0 saturated carbocycles. The predicted molar refractivity (Wildman–Crippen MR) is 121 cm³/mol. The summed E-state index contributed by atoms with van der Waals surface area (Å²) in [5.41, 5.74) is 3.63. The Hall–Kier alpha value is -3.72. The number of carbonyl (C=O) groups excluding carboxylic acids is 3. The summed E-state index contributed by atoms with van der Waals surface area (Å²) in [4.78, 5) is 50.2. The number of nitrogens with zero attached hydrogens (tertiary/aromatic N) is 3. The lowest BCUT2D eigenvalue weighted by molar-refractivity contribution is -0.152. The minimum Gasteiger partial charge on any atom is -0.465 e. The van der Waals surface area contributed by atoms with Gasteiger partial charge in [0, 0.05) is 24.5 Å². The molecule has 2 aliphatic heterocycles. The van der Waals surface area contributed by atoms with E-state index in [2.05, 4.69) is 14.9 Å². The number of anilines is 2. The number of morpholine rings is 1. The van der Waals surface area contributed by atoms with Gasteiger partial charge in [0.2, 0.25) is 5.91 Å². The van der Waals surface area contributed by atoms with Crippen molar-refractivity contribution >= 4 is 40.1 Å². The van der Waals surface area contributed by atoms with E-state index in [0.717, 1.165) is 24.3 Å². The maximum atomic E-state index is 13.4. The molecule has 0 bridgehead atoms. The molecule has 2 fully saturated rings. The second kappa shape index (κ2) is 8.67. The minimum atomic E-state index is -1.48. The monoisotopic (exact) mass is 448 g/mol. The number of carbonyl (C=O) groups is 3. The van der Waals surface area contributed by atoms with Gasteiger partial charge in [0.15, 0.2) is 11.7 Å². The van der Waals surface area contributed by atoms with Crippen molar-refractivity contribution < 1.29 is 23.9 Å². The van der Waals surface area contributed by atoms with Crippen LogP contribution in [0.25, 0.3) is 11.0 Å². The number of ketones is 1. The highest BCUT2D eigenvalue weighted by molar-refractivity contribution is 6.29. The van der Waals surface area contributed by atoms with E-state index >= 15 is 0 Å². The number of hydrogen-bond acceptors (Lipinski definition) is 7. The number of esters is 1. The zero-order valence-corrected chi connectivity index (χ0v) is 18.2. The Balaban J connectivity index is 1.53. The number of ether oxygens (including phenoxy) is 2. The van der Waals surface area contributed by atoms with Gasteiger partial charge in [-0.15, -0.1) is 0 Å². The molecule has 9 nitrogen and oxygen atoms in total. The van der Waals surface area contributed by atoms with Crippen molar-refractivity contribution in [2.24, 2.45) is 5.92 Å². The lowest BCUT2D eigenvalue weighted by atomic mass is 9.97. The van der Waals surface area contributed by atoms with Crippen LogP contribution in [0.5, 0.6) is 0 Å². The van der Waals surface area contributed by atoms with Gasteiger partial charge in [0.25, 0.3) is 0 Å². The number of benzene rings is 2. The Morgan fingerprint density at radius 2 is 1.85 bits per heavy atom. The van der Waals surface area contributed by atoms with Crippen molar-refractivity contribution in [1.29, 1.82) is 0 Å². The Bertz CT molecular complexity index is 1200. The summed E-state index contributed by atoms with van der Waals surface area (Å²) in [5.74, 6) is -3.37. The zero-order valence-electron chi connectivity index (χ0n) is 18.2. The Morgan fingerprint density at radius 1 is 1.12 bits per heavy atom. The molecule has 1 N–H and O–H groups in total. The van der Waals surface area contributed by atoms with Gasteiger partial charge in [0.05, 0.1) is 37.2 Å². The van der Waals surface area contributed by atoms with Gasteiger partial charge in [-0.1, -0.05) is 12.1 Å². The van der Waals surface area contributed by atoms with Crippen molar-refractivity contribution in [2.45, 2.75) is 13.0 Å². The van der Waals surface area contributed by atoms with E-state index in [1.165, 1.54) is 4.90 Å². The van der Waals surface area contributed by atoms with E-state index in [-0.39, 0.29) is 6.61 Å². The molecule has 2 saturated heterocycles. The van der Waals surface area contributed by atoms with Crippen molar-refractivity contribution in [3.63, 3.8) is 0 Å². The maximum absolute atomic E-state index is 13.4. The Labute approximate surface area is 190 Å². The van der Waals surface area contributed by atoms with E-state index in [1.54, 1.807) is 31.5 Å². The van der Waals surface area contributed by atoms with Crippen LogP contribution in [-0.4, -0.2) is 60.5 Å². The molecule has 2 aromatic carbocycles. The molecule has 0 spiro atoms. The molecule has 5 rings (SSSR count). The first-order valence-corrected chi connectivity index (χ1v) is 11.0. The fraction of sp³-hybridized carbons (Fsp3) is 0.333. The summed E-state index contributed by atoms with van der Waals surface area (Å²) in [6.45, 7) is 4.66. The number of imidazole rings is 1. The van der Waals surface area contributed by atoms with Crippen molar-refractivity contribution in [3.05, 3.63) is 54.4 Å². The first-order valence-electron chi connectivity index (χ1n) is 11.0. The van der Waals surface area contributed by atoms with Crippen LogP contribution in [0.15, 0.2) is 48.8 Å². The molecule has 2 aliphatic rings. The maximum Gasteiger partial charge on any atom is 0.326 e. The van der Waals surface area contributed by atoms with Gasteiger partial charge in [-0.05, 0) is 42.8 Å². The Morgan fingerprint density at radius 3 is 2.58 bits per heavy atom. The molecular formula is C24H24N4O5. The highest BCUT2D eigenvalue weighted by atomic mass is 16.5. The quantitative estimate of drug-likeness (QED) is 0.471. The zero-order chi connectivity index (χ0) is 22.9. The van der Waals surface area contributed by atoms with E-state index in [1.807, 2.05) is 24.3 Å². The van der Waals surface area contributed by atoms with Crippen LogP contribution in [-0.2, 0) is 23.9 Å². The molecule has 170 valence electrons. The third-order valence-electron chi connectivity index (χ3n) is 6.09. The third kappa shape index (κ3) is 3.74. The second-order valence-electron chi connectivity index (χ2n) is 7.99. The molecule has 33 heavy (non-hydrogen) atoms. The molecule has 0 aliphatic carbocycles. The van der Waals surface area contributed by atoms with Gasteiger partial charge in [0.1, 0.15) is 6.04 Å². The summed E-state index contributed by atoms with van der Waals surface area (Å²) in [6.07, 6.45) is 1.56. The van der Waals surface area contributed by atoms with E-state index in [0.29, 0.717) is 30.0 Å².